The zero-order valence-electron chi connectivity index (χ0n) is 9.08. The van der Waals surface area contributed by atoms with Gasteiger partial charge >= 0.3 is 0 Å². The van der Waals surface area contributed by atoms with Crippen LogP contribution in [-0.2, 0) is 0 Å². The number of likely N-dealkylation sites (tertiary alicyclic amines) is 1. The summed E-state index contributed by atoms with van der Waals surface area (Å²) in [6.45, 7) is 5.63. The quantitative estimate of drug-likeness (QED) is 0.459. The fourth-order valence-electron chi connectivity index (χ4n) is 2.08. The second-order valence-corrected chi connectivity index (χ2v) is 4.65. The summed E-state index contributed by atoms with van der Waals surface area (Å²) in [5, 5.41) is 17.1. The smallest absolute Gasteiger partial charge is 0.0920 e. The van der Waals surface area contributed by atoms with Gasteiger partial charge in [-0.15, -0.1) is 0 Å². The third-order valence-electron chi connectivity index (χ3n) is 2.84. The standard InChI is InChI=1S/C10H21N3O/c1-8(6-9(11)12)13-5-3-4-10(2,14)7-13/h8,14H,3-7H2,1-2H3,(H3,11,12). The van der Waals surface area contributed by atoms with Gasteiger partial charge in [0.05, 0.1) is 11.4 Å². The lowest BCUT2D eigenvalue weighted by molar-refractivity contribution is -0.0267. The Balaban J connectivity index is 2.47. The molecule has 0 aromatic carbocycles. The predicted molar refractivity (Wildman–Crippen MR) is 57.4 cm³/mol. The molecule has 1 fully saturated rings. The zero-order chi connectivity index (χ0) is 10.8. The molecule has 0 amide bonds. The third-order valence-corrected chi connectivity index (χ3v) is 2.84. The molecule has 1 saturated heterocycles. The van der Waals surface area contributed by atoms with E-state index < -0.39 is 5.60 Å². The molecule has 0 aliphatic carbocycles. The predicted octanol–water partition coefficient (Wildman–Crippen LogP) is 0.548. The maximum Gasteiger partial charge on any atom is 0.0920 e. The maximum atomic E-state index is 9.90. The van der Waals surface area contributed by atoms with Crippen LogP contribution in [0.25, 0.3) is 0 Å². The zero-order valence-corrected chi connectivity index (χ0v) is 9.08. The molecule has 1 heterocycles. The molecule has 0 radical (unpaired) electrons. The maximum absolute atomic E-state index is 9.90. The Labute approximate surface area is 85.6 Å². The van der Waals surface area contributed by atoms with Gasteiger partial charge in [-0.05, 0) is 33.2 Å². The third kappa shape index (κ3) is 3.27. The number of nitrogens with two attached hydrogens (primary N) is 1. The molecule has 0 bridgehead atoms. The molecule has 4 heteroatoms. The highest BCUT2D eigenvalue weighted by molar-refractivity contribution is 5.77. The van der Waals surface area contributed by atoms with Gasteiger partial charge in [-0.3, -0.25) is 10.3 Å². The Morgan fingerprint density at radius 2 is 2.36 bits per heavy atom. The van der Waals surface area contributed by atoms with Gasteiger partial charge in [0.2, 0.25) is 0 Å². The van der Waals surface area contributed by atoms with Crippen LogP contribution < -0.4 is 5.73 Å². The van der Waals surface area contributed by atoms with Crippen molar-refractivity contribution >= 4 is 5.84 Å². The Morgan fingerprint density at radius 1 is 1.71 bits per heavy atom. The molecule has 0 aromatic heterocycles. The van der Waals surface area contributed by atoms with Gasteiger partial charge in [-0.25, -0.2) is 0 Å². The van der Waals surface area contributed by atoms with E-state index >= 15 is 0 Å². The SMILES string of the molecule is CC(CC(=N)N)N1CCCC(C)(O)C1. The number of aliphatic hydroxyl groups is 1. The molecule has 0 aromatic rings. The second-order valence-electron chi connectivity index (χ2n) is 4.65. The number of piperidine rings is 1. The molecule has 4 N–H and O–H groups in total. The molecular formula is C10H21N3O. The van der Waals surface area contributed by atoms with Gasteiger partial charge < -0.3 is 10.8 Å². The molecule has 0 saturated carbocycles. The number of hydrogen-bond acceptors (Lipinski definition) is 3. The van der Waals surface area contributed by atoms with Crippen LogP contribution in [0.15, 0.2) is 0 Å². The summed E-state index contributed by atoms with van der Waals surface area (Å²) < 4.78 is 0. The highest BCUT2D eigenvalue weighted by Gasteiger charge is 2.30. The van der Waals surface area contributed by atoms with Crippen molar-refractivity contribution in [2.24, 2.45) is 5.73 Å². The molecule has 2 atom stereocenters. The first kappa shape index (κ1) is 11.5. The minimum Gasteiger partial charge on any atom is -0.389 e. The van der Waals surface area contributed by atoms with Gasteiger partial charge in [0.1, 0.15) is 0 Å². The number of nitrogens with one attached hydrogen (secondary N) is 1. The number of rotatable bonds is 3. The lowest BCUT2D eigenvalue weighted by Gasteiger charge is -2.40. The van der Waals surface area contributed by atoms with Crippen LogP contribution in [0, 0.1) is 5.41 Å². The van der Waals surface area contributed by atoms with Crippen molar-refractivity contribution in [1.29, 1.82) is 5.41 Å². The van der Waals surface area contributed by atoms with Gasteiger partial charge in [0, 0.05) is 19.0 Å². The largest absolute Gasteiger partial charge is 0.389 e. The summed E-state index contributed by atoms with van der Waals surface area (Å²) in [6.07, 6.45) is 2.49. The lowest BCUT2D eigenvalue weighted by Crippen LogP contribution is -2.50. The number of nitrogens with zero attached hydrogens (tertiary/aromatic N) is 1. The van der Waals surface area contributed by atoms with Crippen LogP contribution in [0.2, 0.25) is 0 Å². The first-order valence-electron chi connectivity index (χ1n) is 5.20. The van der Waals surface area contributed by atoms with E-state index in [0.29, 0.717) is 13.0 Å². The summed E-state index contributed by atoms with van der Waals surface area (Å²) in [5.74, 6) is 0.225. The summed E-state index contributed by atoms with van der Waals surface area (Å²) >= 11 is 0. The van der Waals surface area contributed by atoms with E-state index in [-0.39, 0.29) is 11.9 Å². The highest BCUT2D eigenvalue weighted by Crippen LogP contribution is 2.22. The van der Waals surface area contributed by atoms with Crippen LogP contribution in [0.3, 0.4) is 0 Å². The molecule has 4 nitrogen and oxygen atoms in total. The van der Waals surface area contributed by atoms with Gasteiger partial charge in [0.15, 0.2) is 0 Å². The van der Waals surface area contributed by atoms with Crippen molar-refractivity contribution in [2.75, 3.05) is 13.1 Å². The van der Waals surface area contributed by atoms with Crippen LogP contribution in [0.5, 0.6) is 0 Å². The molecular weight excluding hydrogens is 178 g/mol. The van der Waals surface area contributed by atoms with E-state index in [1.165, 1.54) is 0 Å². The molecule has 1 rings (SSSR count). The Morgan fingerprint density at radius 3 is 2.86 bits per heavy atom. The molecule has 1 aliphatic heterocycles. The Bertz CT molecular complexity index is 215. The first-order chi connectivity index (χ1) is 6.41. The highest BCUT2D eigenvalue weighted by atomic mass is 16.3. The van der Waals surface area contributed by atoms with Crippen LogP contribution in [0.1, 0.15) is 33.1 Å². The monoisotopic (exact) mass is 199 g/mol. The molecule has 2 unspecified atom stereocenters. The molecule has 14 heavy (non-hydrogen) atoms. The topological polar surface area (TPSA) is 73.3 Å². The van der Waals surface area contributed by atoms with Crippen molar-refractivity contribution in [3.05, 3.63) is 0 Å². The number of β-amino-alcohol motifs (C(OH)–C–C–N with tert-alkyl or cyclic N) is 1. The summed E-state index contributed by atoms with van der Waals surface area (Å²) in [5.41, 5.74) is 4.80. The summed E-state index contributed by atoms with van der Waals surface area (Å²) in [6, 6.07) is 0.263. The van der Waals surface area contributed by atoms with E-state index in [2.05, 4.69) is 11.8 Å². The van der Waals surface area contributed by atoms with E-state index in [9.17, 15) is 5.11 Å². The van der Waals surface area contributed by atoms with Gasteiger partial charge in [-0.1, -0.05) is 0 Å². The Kier molecular flexibility index (Phi) is 3.50. The van der Waals surface area contributed by atoms with Gasteiger partial charge in [-0.2, -0.15) is 0 Å². The van der Waals surface area contributed by atoms with E-state index in [0.717, 1.165) is 19.4 Å². The van der Waals surface area contributed by atoms with Crippen LogP contribution in [0.4, 0.5) is 0 Å². The fraction of sp³-hybridized carbons (Fsp3) is 0.900. The van der Waals surface area contributed by atoms with Crippen molar-refractivity contribution in [3.63, 3.8) is 0 Å². The van der Waals surface area contributed by atoms with Crippen molar-refractivity contribution in [3.8, 4) is 0 Å². The molecule has 0 spiro atoms. The van der Waals surface area contributed by atoms with Crippen molar-refractivity contribution < 1.29 is 5.11 Å². The van der Waals surface area contributed by atoms with Crippen LogP contribution >= 0.6 is 0 Å². The van der Waals surface area contributed by atoms with Crippen molar-refractivity contribution in [1.82, 2.24) is 4.90 Å². The van der Waals surface area contributed by atoms with E-state index in [1.807, 2.05) is 6.92 Å². The van der Waals surface area contributed by atoms with E-state index in [4.69, 9.17) is 11.1 Å². The Hall–Kier alpha value is -0.610. The fourth-order valence-corrected chi connectivity index (χ4v) is 2.08. The first-order valence-corrected chi connectivity index (χ1v) is 5.20. The minimum atomic E-state index is -0.566. The van der Waals surface area contributed by atoms with Gasteiger partial charge in [0.25, 0.3) is 0 Å². The lowest BCUT2D eigenvalue weighted by atomic mass is 9.93. The average molecular weight is 199 g/mol. The summed E-state index contributed by atoms with van der Waals surface area (Å²) in [7, 11) is 0. The van der Waals surface area contributed by atoms with E-state index in [1.54, 1.807) is 0 Å². The second kappa shape index (κ2) is 4.28. The minimum absolute atomic E-state index is 0.225. The normalized spacial score (nSPS) is 31.4. The van der Waals surface area contributed by atoms with Crippen LogP contribution in [-0.4, -0.2) is 40.6 Å². The number of amidine groups is 1. The number of hydrogen-bond donors (Lipinski definition) is 3. The average Bonchev–Trinajstić information content (AvgIpc) is 2.01. The summed E-state index contributed by atoms with van der Waals surface area (Å²) in [4.78, 5) is 2.21. The molecule has 1 aliphatic rings. The molecule has 82 valence electrons. The van der Waals surface area contributed by atoms with Crippen molar-refractivity contribution in [2.45, 2.75) is 44.8 Å².